The molecule has 2 aromatic heterocycles. The number of aromatic amines is 1. The summed E-state index contributed by atoms with van der Waals surface area (Å²) in [7, 11) is 0. The summed E-state index contributed by atoms with van der Waals surface area (Å²) in [6, 6.07) is 0.159. The van der Waals surface area contributed by atoms with Crippen LogP contribution >= 0.6 is 23.6 Å². The van der Waals surface area contributed by atoms with Crippen molar-refractivity contribution in [1.29, 1.82) is 0 Å². The van der Waals surface area contributed by atoms with Crippen molar-refractivity contribution in [2.24, 2.45) is 0 Å². The van der Waals surface area contributed by atoms with E-state index in [1.807, 2.05) is 16.9 Å². The minimum Gasteiger partial charge on any atom is -0.297 e. The molecule has 0 aromatic carbocycles. The summed E-state index contributed by atoms with van der Waals surface area (Å²) in [5.74, 6) is 0. The molecule has 1 N–H and O–H groups in total. The average molecular weight is 212 g/mol. The highest BCUT2D eigenvalue weighted by Crippen LogP contribution is 2.19. The average Bonchev–Trinajstić information content (AvgIpc) is 2.72. The maximum Gasteiger partial charge on any atom is 0.195 e. The quantitative estimate of drug-likeness (QED) is 0.774. The molecule has 13 heavy (non-hydrogen) atoms. The largest absolute Gasteiger partial charge is 0.297 e. The highest BCUT2D eigenvalue weighted by atomic mass is 32.1. The normalized spacial score (nSPS) is 13.0. The van der Waals surface area contributed by atoms with Crippen LogP contribution in [0.1, 0.15) is 18.0 Å². The summed E-state index contributed by atoms with van der Waals surface area (Å²) in [6.07, 6.45) is 3.48. The number of nitrogens with one attached hydrogen (secondary N) is 1. The van der Waals surface area contributed by atoms with Gasteiger partial charge in [-0.2, -0.15) is 5.10 Å². The van der Waals surface area contributed by atoms with Gasteiger partial charge in [-0.1, -0.05) is 0 Å². The molecule has 0 spiro atoms. The molecule has 0 fully saturated rings. The van der Waals surface area contributed by atoms with E-state index in [2.05, 4.69) is 15.2 Å². The Morgan fingerprint density at radius 1 is 1.69 bits per heavy atom. The molecule has 68 valence electrons. The zero-order valence-corrected chi connectivity index (χ0v) is 8.60. The van der Waals surface area contributed by atoms with Crippen LogP contribution in [0.4, 0.5) is 0 Å². The first-order chi connectivity index (χ1) is 6.29. The number of thiazole rings is 1. The van der Waals surface area contributed by atoms with E-state index in [9.17, 15) is 0 Å². The molecule has 0 aliphatic carbocycles. The molecule has 2 heterocycles. The number of aromatic nitrogens is 4. The molecule has 2 aromatic rings. The van der Waals surface area contributed by atoms with E-state index in [1.165, 1.54) is 0 Å². The molecule has 0 saturated heterocycles. The molecular weight excluding hydrogens is 204 g/mol. The van der Waals surface area contributed by atoms with Crippen molar-refractivity contribution in [3.63, 3.8) is 0 Å². The lowest BCUT2D eigenvalue weighted by molar-refractivity contribution is 0.624. The highest BCUT2D eigenvalue weighted by molar-refractivity contribution is 7.71. The van der Waals surface area contributed by atoms with E-state index in [1.54, 1.807) is 23.9 Å². The van der Waals surface area contributed by atoms with E-state index in [-0.39, 0.29) is 6.04 Å². The van der Waals surface area contributed by atoms with Gasteiger partial charge in [-0.15, -0.1) is 11.3 Å². The summed E-state index contributed by atoms with van der Waals surface area (Å²) >= 11 is 6.68. The Bertz CT molecular complexity index is 427. The molecule has 0 aliphatic heterocycles. The van der Waals surface area contributed by atoms with Crippen molar-refractivity contribution < 1.29 is 0 Å². The van der Waals surface area contributed by atoms with Crippen molar-refractivity contribution >= 4 is 23.6 Å². The van der Waals surface area contributed by atoms with E-state index >= 15 is 0 Å². The third kappa shape index (κ3) is 1.54. The summed E-state index contributed by atoms with van der Waals surface area (Å²) in [6.45, 7) is 2.05. The zero-order valence-electron chi connectivity index (χ0n) is 6.97. The van der Waals surface area contributed by atoms with Gasteiger partial charge < -0.3 is 0 Å². The van der Waals surface area contributed by atoms with Gasteiger partial charge in [-0.25, -0.2) is 4.98 Å². The summed E-state index contributed by atoms with van der Waals surface area (Å²) in [5.41, 5.74) is 0. The Morgan fingerprint density at radius 3 is 3.08 bits per heavy atom. The third-order valence-corrected chi connectivity index (χ3v) is 3.05. The van der Waals surface area contributed by atoms with Crippen LogP contribution in [0.3, 0.4) is 0 Å². The Hall–Kier alpha value is -1.01. The molecule has 0 saturated carbocycles. The van der Waals surface area contributed by atoms with Crippen LogP contribution in [0.2, 0.25) is 0 Å². The maximum atomic E-state index is 5.06. The van der Waals surface area contributed by atoms with Crippen LogP contribution in [0.25, 0.3) is 0 Å². The lowest BCUT2D eigenvalue weighted by Crippen LogP contribution is -2.04. The van der Waals surface area contributed by atoms with Gasteiger partial charge in [0.2, 0.25) is 0 Å². The van der Waals surface area contributed by atoms with Gasteiger partial charge in [0, 0.05) is 11.6 Å². The Balaban J connectivity index is 2.39. The van der Waals surface area contributed by atoms with Crippen molar-refractivity contribution in [3.05, 3.63) is 27.7 Å². The molecule has 4 nitrogen and oxygen atoms in total. The fourth-order valence-electron chi connectivity index (χ4n) is 1.09. The molecular formula is C7H8N4S2. The van der Waals surface area contributed by atoms with Crippen molar-refractivity contribution in [3.8, 4) is 0 Å². The number of hydrogen-bond acceptors (Lipinski definition) is 4. The minimum atomic E-state index is 0.159. The summed E-state index contributed by atoms with van der Waals surface area (Å²) in [4.78, 5) is 4.22. The predicted molar refractivity (Wildman–Crippen MR) is 53.3 cm³/mol. The van der Waals surface area contributed by atoms with Crippen molar-refractivity contribution in [1.82, 2.24) is 19.7 Å². The Morgan fingerprint density at radius 2 is 2.54 bits per heavy atom. The van der Waals surface area contributed by atoms with Crippen molar-refractivity contribution in [2.45, 2.75) is 13.0 Å². The number of nitrogens with zero attached hydrogens (tertiary/aromatic N) is 3. The Labute approximate surface area is 84.3 Å². The first-order valence-electron chi connectivity index (χ1n) is 3.80. The fourth-order valence-corrected chi connectivity index (χ4v) is 2.04. The molecule has 6 heteroatoms. The van der Waals surface area contributed by atoms with E-state index in [0.29, 0.717) is 4.77 Å². The Kier molecular flexibility index (Phi) is 2.24. The molecule has 0 radical (unpaired) electrons. The van der Waals surface area contributed by atoms with Crippen LogP contribution < -0.4 is 0 Å². The van der Waals surface area contributed by atoms with E-state index < -0.39 is 0 Å². The van der Waals surface area contributed by atoms with Gasteiger partial charge in [0.1, 0.15) is 11.3 Å². The zero-order chi connectivity index (χ0) is 9.26. The second kappa shape index (κ2) is 3.39. The van der Waals surface area contributed by atoms with Crippen LogP contribution in [0, 0.1) is 4.77 Å². The predicted octanol–water partition coefficient (Wildman–Crippen LogP) is 2.01. The molecule has 1 unspecified atom stereocenters. The third-order valence-electron chi connectivity index (χ3n) is 1.80. The first-order valence-corrected chi connectivity index (χ1v) is 5.08. The van der Waals surface area contributed by atoms with Crippen LogP contribution in [0.5, 0.6) is 0 Å². The van der Waals surface area contributed by atoms with Crippen LogP contribution in [-0.4, -0.2) is 19.7 Å². The second-order valence-electron chi connectivity index (χ2n) is 2.62. The second-order valence-corrected chi connectivity index (χ2v) is 3.93. The highest BCUT2D eigenvalue weighted by Gasteiger charge is 2.10. The standard InChI is InChI=1S/C7H8N4S2/c1-5(6-8-2-3-13-6)11-4-9-10-7(11)12/h2-5H,1H3,(H,10,12). The smallest absolute Gasteiger partial charge is 0.195 e. The summed E-state index contributed by atoms with van der Waals surface area (Å²) < 4.78 is 2.51. The topological polar surface area (TPSA) is 46.5 Å². The minimum absolute atomic E-state index is 0.159. The molecule has 0 amide bonds. The van der Waals surface area contributed by atoms with Gasteiger partial charge in [0.25, 0.3) is 0 Å². The van der Waals surface area contributed by atoms with Gasteiger partial charge in [0.15, 0.2) is 4.77 Å². The van der Waals surface area contributed by atoms with Gasteiger partial charge in [-0.3, -0.25) is 9.67 Å². The number of rotatable bonds is 2. The fraction of sp³-hybridized carbons (Fsp3) is 0.286. The lowest BCUT2D eigenvalue weighted by Gasteiger charge is -2.07. The van der Waals surface area contributed by atoms with Crippen LogP contribution in [0.15, 0.2) is 17.9 Å². The van der Waals surface area contributed by atoms with Gasteiger partial charge >= 0.3 is 0 Å². The first kappa shape index (κ1) is 8.58. The maximum absolute atomic E-state index is 5.06. The molecule has 1 atom stereocenters. The lowest BCUT2D eigenvalue weighted by atomic mass is 10.3. The molecule has 2 rings (SSSR count). The number of hydrogen-bond donors (Lipinski definition) is 1. The number of H-pyrrole nitrogens is 1. The molecule has 0 aliphatic rings. The van der Waals surface area contributed by atoms with Gasteiger partial charge in [-0.05, 0) is 19.1 Å². The SMILES string of the molecule is CC(c1nccs1)n1cn[nH]c1=S. The van der Waals surface area contributed by atoms with Crippen molar-refractivity contribution in [2.75, 3.05) is 0 Å². The van der Waals surface area contributed by atoms with Gasteiger partial charge in [0.05, 0.1) is 6.04 Å². The summed E-state index contributed by atoms with van der Waals surface area (Å²) in [5, 5.41) is 9.57. The van der Waals surface area contributed by atoms with E-state index in [4.69, 9.17) is 12.2 Å². The molecule has 0 bridgehead atoms. The monoisotopic (exact) mass is 212 g/mol. The van der Waals surface area contributed by atoms with Crippen LogP contribution in [-0.2, 0) is 0 Å². The van der Waals surface area contributed by atoms with E-state index in [0.717, 1.165) is 5.01 Å².